The van der Waals surface area contributed by atoms with Crippen LogP contribution in [-0.4, -0.2) is 21.9 Å². The number of rotatable bonds is 4. The van der Waals surface area contributed by atoms with Crippen molar-refractivity contribution in [1.82, 2.24) is 0 Å². The second kappa shape index (κ2) is 6.64. The first kappa shape index (κ1) is 16.7. The number of aromatic carboxylic acids is 1. The van der Waals surface area contributed by atoms with Gasteiger partial charge < -0.3 is 10.4 Å². The molecule has 0 atom stereocenters. The summed E-state index contributed by atoms with van der Waals surface area (Å²) < 4.78 is 0. The number of amides is 1. The van der Waals surface area contributed by atoms with Gasteiger partial charge in [0.05, 0.1) is 21.2 Å². The Morgan fingerprint density at radius 1 is 1.17 bits per heavy atom. The van der Waals surface area contributed by atoms with Crippen molar-refractivity contribution in [2.45, 2.75) is 0 Å². The minimum absolute atomic E-state index is 0.0124. The van der Waals surface area contributed by atoms with Gasteiger partial charge in [-0.05, 0) is 18.2 Å². The van der Waals surface area contributed by atoms with Gasteiger partial charge in [0.15, 0.2) is 0 Å². The first-order chi connectivity index (χ1) is 10.8. The third-order valence-corrected chi connectivity index (χ3v) is 3.36. The van der Waals surface area contributed by atoms with E-state index in [4.69, 9.17) is 28.3 Å². The molecule has 23 heavy (non-hydrogen) atoms. The van der Waals surface area contributed by atoms with Crippen molar-refractivity contribution in [1.29, 1.82) is 0 Å². The van der Waals surface area contributed by atoms with E-state index >= 15 is 0 Å². The second-order valence-electron chi connectivity index (χ2n) is 4.38. The highest BCUT2D eigenvalue weighted by Crippen LogP contribution is 2.31. The Morgan fingerprint density at radius 2 is 1.87 bits per heavy atom. The van der Waals surface area contributed by atoms with Crippen molar-refractivity contribution in [3.63, 3.8) is 0 Å². The smallest absolute Gasteiger partial charge is 0.337 e. The number of carbonyl (C=O) groups excluding carboxylic acids is 1. The van der Waals surface area contributed by atoms with E-state index in [-0.39, 0.29) is 32.5 Å². The predicted molar refractivity (Wildman–Crippen MR) is 84.5 cm³/mol. The molecule has 2 aromatic rings. The van der Waals surface area contributed by atoms with Crippen LogP contribution in [0.3, 0.4) is 0 Å². The van der Waals surface area contributed by atoms with E-state index in [1.807, 2.05) is 0 Å². The fraction of sp³-hybridized carbons (Fsp3) is 0. The molecular weight excluding hydrogens is 347 g/mol. The van der Waals surface area contributed by atoms with Crippen molar-refractivity contribution in [2.75, 3.05) is 5.32 Å². The van der Waals surface area contributed by atoms with Crippen LogP contribution < -0.4 is 5.32 Å². The lowest BCUT2D eigenvalue weighted by atomic mass is 10.1. The van der Waals surface area contributed by atoms with E-state index in [9.17, 15) is 19.7 Å². The molecule has 0 heterocycles. The van der Waals surface area contributed by atoms with Crippen LogP contribution >= 0.6 is 23.2 Å². The van der Waals surface area contributed by atoms with Crippen LogP contribution in [0.1, 0.15) is 20.7 Å². The van der Waals surface area contributed by atoms with Gasteiger partial charge in [-0.25, -0.2) is 4.79 Å². The number of benzene rings is 2. The van der Waals surface area contributed by atoms with Crippen LogP contribution in [0.15, 0.2) is 36.4 Å². The summed E-state index contributed by atoms with van der Waals surface area (Å²) in [7, 11) is 0. The number of nitrogens with one attached hydrogen (secondary N) is 1. The molecule has 0 saturated carbocycles. The van der Waals surface area contributed by atoms with Crippen LogP contribution in [0.2, 0.25) is 10.0 Å². The zero-order valence-electron chi connectivity index (χ0n) is 11.2. The monoisotopic (exact) mass is 354 g/mol. The van der Waals surface area contributed by atoms with Gasteiger partial charge in [0, 0.05) is 22.7 Å². The Bertz CT molecular complexity index is 823. The fourth-order valence-corrected chi connectivity index (χ4v) is 2.36. The lowest BCUT2D eigenvalue weighted by molar-refractivity contribution is -0.384. The van der Waals surface area contributed by atoms with Gasteiger partial charge in [-0.1, -0.05) is 29.3 Å². The Morgan fingerprint density at radius 3 is 2.48 bits per heavy atom. The van der Waals surface area contributed by atoms with E-state index < -0.39 is 16.8 Å². The van der Waals surface area contributed by atoms with Crippen LogP contribution in [0.25, 0.3) is 0 Å². The molecule has 2 rings (SSSR count). The van der Waals surface area contributed by atoms with Gasteiger partial charge in [-0.2, -0.15) is 0 Å². The molecular formula is C14H8Cl2N2O5. The number of nitro benzene ring substituents is 1. The zero-order valence-corrected chi connectivity index (χ0v) is 12.8. The van der Waals surface area contributed by atoms with E-state index in [1.54, 1.807) is 0 Å². The van der Waals surface area contributed by atoms with Crippen LogP contribution in [0.5, 0.6) is 0 Å². The molecule has 0 saturated heterocycles. The maximum Gasteiger partial charge on any atom is 0.337 e. The van der Waals surface area contributed by atoms with Crippen molar-refractivity contribution in [3.8, 4) is 0 Å². The molecule has 118 valence electrons. The molecule has 0 aromatic heterocycles. The van der Waals surface area contributed by atoms with Crippen molar-refractivity contribution in [2.24, 2.45) is 0 Å². The number of hydrogen-bond acceptors (Lipinski definition) is 4. The molecule has 0 aliphatic rings. The highest BCUT2D eigenvalue weighted by molar-refractivity contribution is 6.38. The second-order valence-corrected chi connectivity index (χ2v) is 5.22. The number of anilines is 1. The third-order valence-electron chi connectivity index (χ3n) is 2.84. The molecule has 0 aliphatic carbocycles. The van der Waals surface area contributed by atoms with Gasteiger partial charge in [0.2, 0.25) is 0 Å². The van der Waals surface area contributed by atoms with E-state index in [2.05, 4.69) is 5.32 Å². The Hall–Kier alpha value is -2.64. The predicted octanol–water partition coefficient (Wildman–Crippen LogP) is 3.85. The molecule has 0 fully saturated rings. The molecule has 0 bridgehead atoms. The Labute approximate surface area is 139 Å². The van der Waals surface area contributed by atoms with E-state index in [0.717, 1.165) is 12.1 Å². The molecule has 0 spiro atoms. The molecule has 1 amide bonds. The molecule has 2 aromatic carbocycles. The van der Waals surface area contributed by atoms with Gasteiger partial charge >= 0.3 is 5.97 Å². The minimum atomic E-state index is -1.33. The summed E-state index contributed by atoms with van der Waals surface area (Å²) in [6.07, 6.45) is 0. The maximum absolute atomic E-state index is 12.2. The average molecular weight is 355 g/mol. The SMILES string of the molecule is O=C(Nc1c(Cl)cc(Cl)cc1C(=O)O)c1cccc([N+](=O)[O-])c1. The largest absolute Gasteiger partial charge is 0.478 e. The van der Waals surface area contributed by atoms with Crippen LogP contribution in [0, 0.1) is 10.1 Å². The number of nitro groups is 1. The highest BCUT2D eigenvalue weighted by Gasteiger charge is 2.19. The number of hydrogen-bond donors (Lipinski definition) is 2. The number of non-ortho nitro benzene ring substituents is 1. The first-order valence-electron chi connectivity index (χ1n) is 6.07. The summed E-state index contributed by atoms with van der Waals surface area (Å²) in [6.45, 7) is 0. The Kier molecular flexibility index (Phi) is 4.83. The summed E-state index contributed by atoms with van der Waals surface area (Å²) in [5, 5.41) is 22.3. The topological polar surface area (TPSA) is 110 Å². The normalized spacial score (nSPS) is 10.2. The number of carbonyl (C=O) groups is 2. The Balaban J connectivity index is 2.39. The third kappa shape index (κ3) is 3.77. The summed E-state index contributed by atoms with van der Waals surface area (Å²) in [4.78, 5) is 33.5. The lowest BCUT2D eigenvalue weighted by Gasteiger charge is -2.11. The molecule has 9 heteroatoms. The number of carboxylic acids is 1. The zero-order chi connectivity index (χ0) is 17.1. The van der Waals surface area contributed by atoms with E-state index in [0.29, 0.717) is 0 Å². The minimum Gasteiger partial charge on any atom is -0.478 e. The summed E-state index contributed by atoms with van der Waals surface area (Å²) >= 11 is 11.7. The molecule has 0 aliphatic heterocycles. The summed E-state index contributed by atoms with van der Waals surface area (Å²) in [5.74, 6) is -2.07. The molecule has 7 nitrogen and oxygen atoms in total. The van der Waals surface area contributed by atoms with Gasteiger partial charge in [-0.15, -0.1) is 0 Å². The molecule has 0 unspecified atom stereocenters. The van der Waals surface area contributed by atoms with Gasteiger partial charge in [0.25, 0.3) is 11.6 Å². The molecule has 2 N–H and O–H groups in total. The maximum atomic E-state index is 12.2. The average Bonchev–Trinajstić information content (AvgIpc) is 2.49. The highest BCUT2D eigenvalue weighted by atomic mass is 35.5. The van der Waals surface area contributed by atoms with Crippen LogP contribution in [0.4, 0.5) is 11.4 Å². The van der Waals surface area contributed by atoms with Crippen LogP contribution in [-0.2, 0) is 0 Å². The lowest BCUT2D eigenvalue weighted by Crippen LogP contribution is -2.15. The quantitative estimate of drug-likeness (QED) is 0.639. The standard InChI is InChI=1S/C14H8Cl2N2O5/c15-8-5-10(14(20)21)12(11(16)6-8)17-13(19)7-2-1-3-9(4-7)18(22)23/h1-6H,(H,17,19)(H,20,21). The van der Waals surface area contributed by atoms with Crippen molar-refractivity contribution < 1.29 is 19.6 Å². The fourth-order valence-electron chi connectivity index (χ4n) is 1.82. The van der Waals surface area contributed by atoms with Crippen molar-refractivity contribution >= 4 is 46.5 Å². The molecule has 0 radical (unpaired) electrons. The number of carboxylic acid groups (broad SMARTS) is 1. The number of nitrogens with zero attached hydrogens (tertiary/aromatic N) is 1. The van der Waals surface area contributed by atoms with E-state index in [1.165, 1.54) is 24.3 Å². The van der Waals surface area contributed by atoms with Gasteiger partial charge in [-0.3, -0.25) is 14.9 Å². The number of halogens is 2. The van der Waals surface area contributed by atoms with Gasteiger partial charge in [0.1, 0.15) is 0 Å². The van der Waals surface area contributed by atoms with Crippen molar-refractivity contribution in [3.05, 3.63) is 67.7 Å². The summed E-state index contributed by atoms with van der Waals surface area (Å²) in [6, 6.07) is 7.41. The summed E-state index contributed by atoms with van der Waals surface area (Å²) in [5.41, 5.74) is -0.707. The first-order valence-corrected chi connectivity index (χ1v) is 6.83.